The van der Waals surface area contributed by atoms with Crippen LogP contribution in [0.15, 0.2) is 24.8 Å². The Morgan fingerprint density at radius 3 is 3.00 bits per heavy atom. The van der Waals surface area contributed by atoms with E-state index in [0.717, 1.165) is 11.3 Å². The highest BCUT2D eigenvalue weighted by Crippen LogP contribution is 2.28. The molecule has 22 heavy (non-hydrogen) atoms. The Balaban J connectivity index is 1.85. The van der Waals surface area contributed by atoms with E-state index in [2.05, 4.69) is 15.1 Å². The van der Waals surface area contributed by atoms with Crippen LogP contribution in [0.5, 0.6) is 0 Å². The minimum Gasteiger partial charge on any atom is -0.381 e. The van der Waals surface area contributed by atoms with E-state index in [1.807, 2.05) is 24.9 Å². The van der Waals surface area contributed by atoms with Gasteiger partial charge in [0.2, 0.25) is 0 Å². The molecule has 0 bridgehead atoms. The fourth-order valence-electron chi connectivity index (χ4n) is 2.88. The lowest BCUT2D eigenvalue weighted by Gasteiger charge is -2.32. The first kappa shape index (κ1) is 14.6. The smallest absolute Gasteiger partial charge is 0.274 e. The molecule has 0 spiro atoms. The molecule has 1 aliphatic rings. The molecule has 2 aromatic heterocycles. The van der Waals surface area contributed by atoms with Crippen molar-refractivity contribution in [1.82, 2.24) is 24.6 Å². The van der Waals surface area contributed by atoms with Crippen molar-refractivity contribution in [2.75, 3.05) is 19.8 Å². The summed E-state index contributed by atoms with van der Waals surface area (Å²) in [4.78, 5) is 22.4. The topological polar surface area (TPSA) is 73.1 Å². The number of aromatic nitrogens is 4. The second-order valence-electron chi connectivity index (χ2n) is 5.31. The van der Waals surface area contributed by atoms with Crippen molar-refractivity contribution < 1.29 is 9.53 Å². The van der Waals surface area contributed by atoms with Gasteiger partial charge >= 0.3 is 0 Å². The molecule has 2 aromatic rings. The van der Waals surface area contributed by atoms with Crippen molar-refractivity contribution in [2.24, 2.45) is 7.05 Å². The number of fused-ring (bicyclic) bond motifs is 1. The second-order valence-corrected chi connectivity index (χ2v) is 5.31. The van der Waals surface area contributed by atoms with Gasteiger partial charge in [-0.05, 0) is 6.92 Å². The van der Waals surface area contributed by atoms with Crippen LogP contribution in [0.4, 0.5) is 0 Å². The monoisotopic (exact) mass is 301 g/mol. The van der Waals surface area contributed by atoms with Crippen LogP contribution in [0.3, 0.4) is 0 Å². The molecule has 116 valence electrons. The predicted octanol–water partition coefficient (Wildman–Crippen LogP) is 0.986. The molecule has 7 nitrogen and oxygen atoms in total. The number of aryl methyl sites for hydroxylation is 1. The molecule has 7 heteroatoms. The van der Waals surface area contributed by atoms with Crippen LogP contribution in [0.1, 0.15) is 34.6 Å². The molecule has 0 unspecified atom stereocenters. The minimum absolute atomic E-state index is 0.107. The number of carbonyl (C=O) groups is 1. The lowest BCUT2D eigenvalue weighted by atomic mass is 9.96. The number of hydrogen-bond acceptors (Lipinski definition) is 5. The zero-order valence-electron chi connectivity index (χ0n) is 12.8. The third-order valence-corrected chi connectivity index (χ3v) is 3.85. The van der Waals surface area contributed by atoms with E-state index in [1.54, 1.807) is 11.1 Å². The van der Waals surface area contributed by atoms with Crippen LogP contribution in [0.25, 0.3) is 0 Å². The van der Waals surface area contributed by atoms with Crippen molar-refractivity contribution in [2.45, 2.75) is 19.4 Å². The van der Waals surface area contributed by atoms with Crippen molar-refractivity contribution >= 4 is 5.91 Å². The van der Waals surface area contributed by atoms with E-state index >= 15 is 0 Å². The maximum Gasteiger partial charge on any atom is 0.274 e. The average Bonchev–Trinajstić information content (AvgIpc) is 2.94. The summed E-state index contributed by atoms with van der Waals surface area (Å²) in [5.41, 5.74) is 2.58. The largest absolute Gasteiger partial charge is 0.381 e. The van der Waals surface area contributed by atoms with Gasteiger partial charge in [0.05, 0.1) is 24.7 Å². The van der Waals surface area contributed by atoms with E-state index < -0.39 is 0 Å². The number of ether oxygens (including phenoxy) is 1. The van der Waals surface area contributed by atoms with E-state index in [0.29, 0.717) is 32.0 Å². The Morgan fingerprint density at radius 1 is 1.41 bits per heavy atom. The average molecular weight is 301 g/mol. The number of hydrogen-bond donors (Lipinski definition) is 0. The number of rotatable bonds is 4. The van der Waals surface area contributed by atoms with Crippen LogP contribution < -0.4 is 0 Å². The van der Waals surface area contributed by atoms with Gasteiger partial charge in [-0.25, -0.2) is 4.98 Å². The van der Waals surface area contributed by atoms with Crippen LogP contribution in [0, 0.1) is 0 Å². The van der Waals surface area contributed by atoms with Crippen LogP contribution in [-0.2, 0) is 18.3 Å². The van der Waals surface area contributed by atoms with E-state index in [4.69, 9.17) is 4.74 Å². The van der Waals surface area contributed by atoms with Crippen molar-refractivity contribution in [3.8, 4) is 0 Å². The standard InChI is InChI=1S/C15H19N5O2/c1-3-22-10-12-9-20(8-11-6-18-19(2)14(11)12)15(21)13-7-16-4-5-17-13/h4-7,12H,3,8-10H2,1-2H3/t12-/m0/s1. The van der Waals surface area contributed by atoms with Crippen LogP contribution in [0.2, 0.25) is 0 Å². The number of carbonyl (C=O) groups excluding carboxylic acids is 1. The molecule has 0 aliphatic carbocycles. The zero-order valence-corrected chi connectivity index (χ0v) is 12.8. The zero-order chi connectivity index (χ0) is 15.5. The highest BCUT2D eigenvalue weighted by atomic mass is 16.5. The molecule has 0 saturated carbocycles. The van der Waals surface area contributed by atoms with Gasteiger partial charge in [0, 0.05) is 50.6 Å². The van der Waals surface area contributed by atoms with Gasteiger partial charge in [-0.3, -0.25) is 14.5 Å². The lowest BCUT2D eigenvalue weighted by molar-refractivity contribution is 0.0642. The summed E-state index contributed by atoms with van der Waals surface area (Å²) in [5, 5.41) is 4.32. The summed E-state index contributed by atoms with van der Waals surface area (Å²) in [5.74, 6) is 0.0147. The minimum atomic E-state index is -0.107. The molecular weight excluding hydrogens is 282 g/mol. The summed E-state index contributed by atoms with van der Waals surface area (Å²) in [6, 6.07) is 0. The third-order valence-electron chi connectivity index (χ3n) is 3.85. The van der Waals surface area contributed by atoms with Crippen LogP contribution >= 0.6 is 0 Å². The first-order valence-corrected chi connectivity index (χ1v) is 7.34. The predicted molar refractivity (Wildman–Crippen MR) is 79.2 cm³/mol. The maximum atomic E-state index is 12.6. The summed E-state index contributed by atoms with van der Waals surface area (Å²) in [6.07, 6.45) is 6.41. The van der Waals surface area contributed by atoms with E-state index in [1.165, 1.54) is 12.4 Å². The molecule has 0 radical (unpaired) electrons. The van der Waals surface area contributed by atoms with Gasteiger partial charge < -0.3 is 9.64 Å². The fourth-order valence-corrected chi connectivity index (χ4v) is 2.88. The van der Waals surface area contributed by atoms with Gasteiger partial charge in [0.25, 0.3) is 5.91 Å². The van der Waals surface area contributed by atoms with Crippen molar-refractivity contribution in [3.05, 3.63) is 41.7 Å². The lowest BCUT2D eigenvalue weighted by Crippen LogP contribution is -2.40. The summed E-state index contributed by atoms with van der Waals surface area (Å²) < 4.78 is 7.46. The third kappa shape index (κ3) is 2.71. The Labute approximate surface area is 128 Å². The molecule has 1 aliphatic heterocycles. The maximum absolute atomic E-state index is 12.6. The van der Waals surface area contributed by atoms with Crippen molar-refractivity contribution in [3.63, 3.8) is 0 Å². The van der Waals surface area contributed by atoms with Gasteiger partial charge in [-0.15, -0.1) is 0 Å². The summed E-state index contributed by atoms with van der Waals surface area (Å²) >= 11 is 0. The van der Waals surface area contributed by atoms with E-state index in [-0.39, 0.29) is 11.8 Å². The normalized spacial score (nSPS) is 17.4. The highest BCUT2D eigenvalue weighted by Gasteiger charge is 2.32. The number of amides is 1. The molecule has 0 aromatic carbocycles. The molecular formula is C15H19N5O2. The molecule has 0 fully saturated rings. The summed E-state index contributed by atoms with van der Waals surface area (Å²) in [6.45, 7) is 4.34. The SMILES string of the molecule is CCOC[C@@H]1CN(C(=O)c2cnccn2)Cc2cnn(C)c21. The molecule has 1 atom stereocenters. The highest BCUT2D eigenvalue weighted by molar-refractivity contribution is 5.92. The molecule has 0 saturated heterocycles. The van der Waals surface area contributed by atoms with Crippen LogP contribution in [-0.4, -0.2) is 50.3 Å². The second kappa shape index (κ2) is 6.23. The fraction of sp³-hybridized carbons (Fsp3) is 0.467. The molecule has 1 amide bonds. The van der Waals surface area contributed by atoms with Gasteiger partial charge in [-0.1, -0.05) is 0 Å². The molecule has 3 heterocycles. The van der Waals surface area contributed by atoms with Gasteiger partial charge in [-0.2, -0.15) is 5.10 Å². The Morgan fingerprint density at radius 2 is 2.27 bits per heavy atom. The first-order chi connectivity index (χ1) is 10.7. The Bertz CT molecular complexity index is 655. The van der Waals surface area contributed by atoms with Gasteiger partial charge in [0.1, 0.15) is 5.69 Å². The Kier molecular flexibility index (Phi) is 4.15. The molecule has 0 N–H and O–H groups in total. The summed E-state index contributed by atoms with van der Waals surface area (Å²) in [7, 11) is 1.93. The van der Waals surface area contributed by atoms with E-state index in [9.17, 15) is 4.79 Å². The quantitative estimate of drug-likeness (QED) is 0.842. The Hall–Kier alpha value is -2.28. The molecule has 3 rings (SSSR count). The van der Waals surface area contributed by atoms with Crippen molar-refractivity contribution in [1.29, 1.82) is 0 Å². The first-order valence-electron chi connectivity index (χ1n) is 7.34. The number of nitrogens with zero attached hydrogens (tertiary/aromatic N) is 5. The van der Waals surface area contributed by atoms with Gasteiger partial charge in [0.15, 0.2) is 0 Å².